The van der Waals surface area contributed by atoms with Crippen molar-refractivity contribution in [1.29, 1.82) is 0 Å². The Labute approximate surface area is 111 Å². The smallest absolute Gasteiger partial charge is 0.128 e. The third-order valence-electron chi connectivity index (χ3n) is 3.36. The zero-order valence-electron chi connectivity index (χ0n) is 10.0. The van der Waals surface area contributed by atoms with Gasteiger partial charge in [-0.2, -0.15) is 0 Å². The molecule has 1 N–H and O–H groups in total. The van der Waals surface area contributed by atoms with Crippen molar-refractivity contribution in [3.05, 3.63) is 41.6 Å². The molecule has 2 aromatic rings. The van der Waals surface area contributed by atoms with E-state index in [2.05, 4.69) is 19.9 Å². The van der Waals surface area contributed by atoms with Gasteiger partial charge in [0.15, 0.2) is 0 Å². The van der Waals surface area contributed by atoms with E-state index in [-0.39, 0.29) is 0 Å². The highest BCUT2D eigenvalue weighted by Gasteiger charge is 2.23. The third kappa shape index (κ3) is 2.34. The summed E-state index contributed by atoms with van der Waals surface area (Å²) < 4.78 is 0. The van der Waals surface area contributed by atoms with Crippen LogP contribution in [0, 0.1) is 0 Å². The van der Waals surface area contributed by atoms with Gasteiger partial charge in [-0.1, -0.05) is 11.6 Å². The lowest BCUT2D eigenvalue weighted by atomic mass is 9.97. The highest BCUT2D eigenvalue weighted by molar-refractivity contribution is 6.30. The van der Waals surface area contributed by atoms with Gasteiger partial charge in [-0.3, -0.25) is 0 Å². The van der Waals surface area contributed by atoms with Crippen LogP contribution in [0.2, 0.25) is 5.02 Å². The van der Waals surface area contributed by atoms with Crippen LogP contribution in [0.15, 0.2) is 30.7 Å². The number of hydrogen-bond acceptors (Lipinski definition) is 3. The standard InChI is InChI=1S/C13H15ClN4/c14-11-3-4-12(17-8-11)18-7-1-2-10(9-18)13-15-5-6-16-13/h3-6,8,10H,1-2,7,9H2,(H,15,16). The number of nitrogens with zero attached hydrogens (tertiary/aromatic N) is 3. The summed E-state index contributed by atoms with van der Waals surface area (Å²) >= 11 is 5.86. The van der Waals surface area contributed by atoms with Crippen molar-refractivity contribution in [2.45, 2.75) is 18.8 Å². The molecule has 1 fully saturated rings. The zero-order chi connectivity index (χ0) is 12.4. The highest BCUT2D eigenvalue weighted by atomic mass is 35.5. The first-order chi connectivity index (χ1) is 8.83. The van der Waals surface area contributed by atoms with Gasteiger partial charge in [0.05, 0.1) is 5.02 Å². The van der Waals surface area contributed by atoms with E-state index in [0.717, 1.165) is 31.2 Å². The first-order valence-electron chi connectivity index (χ1n) is 6.19. The minimum atomic E-state index is 0.464. The van der Waals surface area contributed by atoms with Crippen molar-refractivity contribution in [1.82, 2.24) is 15.0 Å². The highest BCUT2D eigenvalue weighted by Crippen LogP contribution is 2.27. The van der Waals surface area contributed by atoms with Crippen LogP contribution >= 0.6 is 11.6 Å². The monoisotopic (exact) mass is 262 g/mol. The fourth-order valence-electron chi connectivity index (χ4n) is 2.46. The van der Waals surface area contributed by atoms with Crippen molar-refractivity contribution >= 4 is 17.4 Å². The summed E-state index contributed by atoms with van der Waals surface area (Å²) in [5.74, 6) is 2.54. The van der Waals surface area contributed by atoms with Crippen LogP contribution in [0.3, 0.4) is 0 Å². The van der Waals surface area contributed by atoms with Crippen molar-refractivity contribution < 1.29 is 0 Å². The van der Waals surface area contributed by atoms with E-state index in [1.165, 1.54) is 6.42 Å². The second-order valence-electron chi connectivity index (χ2n) is 4.59. The lowest BCUT2D eigenvalue weighted by Gasteiger charge is -2.32. The summed E-state index contributed by atoms with van der Waals surface area (Å²) in [6, 6.07) is 3.87. The molecule has 1 unspecified atom stereocenters. The molecule has 5 heteroatoms. The summed E-state index contributed by atoms with van der Waals surface area (Å²) in [6.45, 7) is 2.01. The molecule has 0 aromatic carbocycles. The largest absolute Gasteiger partial charge is 0.356 e. The van der Waals surface area contributed by atoms with E-state index >= 15 is 0 Å². The Bertz CT molecular complexity index is 494. The predicted molar refractivity (Wildman–Crippen MR) is 72.0 cm³/mol. The van der Waals surface area contributed by atoms with E-state index < -0.39 is 0 Å². The number of imidazole rings is 1. The maximum atomic E-state index is 5.86. The number of halogens is 1. The topological polar surface area (TPSA) is 44.8 Å². The van der Waals surface area contributed by atoms with Gasteiger partial charge in [0.25, 0.3) is 0 Å². The van der Waals surface area contributed by atoms with Crippen molar-refractivity contribution in [3.8, 4) is 0 Å². The summed E-state index contributed by atoms with van der Waals surface area (Å²) in [4.78, 5) is 14.2. The van der Waals surface area contributed by atoms with Crippen LogP contribution in [-0.4, -0.2) is 28.0 Å². The summed E-state index contributed by atoms with van der Waals surface area (Å²) in [5.41, 5.74) is 0. The Morgan fingerprint density at radius 1 is 1.33 bits per heavy atom. The van der Waals surface area contributed by atoms with Crippen molar-refractivity contribution in [2.75, 3.05) is 18.0 Å². The van der Waals surface area contributed by atoms with Gasteiger partial charge in [-0.15, -0.1) is 0 Å². The molecule has 0 amide bonds. The van der Waals surface area contributed by atoms with Crippen molar-refractivity contribution in [3.63, 3.8) is 0 Å². The Hall–Kier alpha value is -1.55. The van der Waals surface area contributed by atoms with Crippen LogP contribution in [0.1, 0.15) is 24.6 Å². The molecule has 3 rings (SSSR count). The Morgan fingerprint density at radius 2 is 2.28 bits per heavy atom. The molecule has 0 radical (unpaired) electrons. The predicted octanol–water partition coefficient (Wildman–Crippen LogP) is 2.84. The number of anilines is 1. The third-order valence-corrected chi connectivity index (χ3v) is 3.59. The Balaban J connectivity index is 1.76. The quantitative estimate of drug-likeness (QED) is 0.905. The van der Waals surface area contributed by atoms with Gasteiger partial charge < -0.3 is 9.88 Å². The second kappa shape index (κ2) is 4.98. The van der Waals surface area contributed by atoms with Crippen LogP contribution in [-0.2, 0) is 0 Å². The van der Waals surface area contributed by atoms with Gasteiger partial charge in [0.2, 0.25) is 0 Å². The lowest BCUT2D eigenvalue weighted by molar-refractivity contribution is 0.491. The minimum absolute atomic E-state index is 0.464. The van der Waals surface area contributed by atoms with E-state index in [4.69, 9.17) is 11.6 Å². The molecule has 0 aliphatic carbocycles. The number of piperidine rings is 1. The molecule has 1 saturated heterocycles. The van der Waals surface area contributed by atoms with Gasteiger partial charge in [0, 0.05) is 37.6 Å². The number of hydrogen-bond donors (Lipinski definition) is 1. The molecule has 18 heavy (non-hydrogen) atoms. The minimum Gasteiger partial charge on any atom is -0.356 e. The zero-order valence-corrected chi connectivity index (χ0v) is 10.8. The van der Waals surface area contributed by atoms with Crippen LogP contribution in [0.5, 0.6) is 0 Å². The van der Waals surface area contributed by atoms with E-state index in [0.29, 0.717) is 10.9 Å². The van der Waals surface area contributed by atoms with E-state index in [1.807, 2.05) is 24.5 Å². The van der Waals surface area contributed by atoms with E-state index in [9.17, 15) is 0 Å². The van der Waals surface area contributed by atoms with Crippen molar-refractivity contribution in [2.24, 2.45) is 0 Å². The number of pyridine rings is 1. The SMILES string of the molecule is Clc1ccc(N2CCCC(c3ncc[nH]3)C2)nc1. The fraction of sp³-hybridized carbons (Fsp3) is 0.385. The van der Waals surface area contributed by atoms with Gasteiger partial charge in [0.1, 0.15) is 11.6 Å². The Kier molecular flexibility index (Phi) is 3.19. The number of aromatic amines is 1. The van der Waals surface area contributed by atoms with Crippen LogP contribution < -0.4 is 4.90 Å². The molecule has 0 saturated carbocycles. The number of aromatic nitrogens is 3. The maximum absolute atomic E-state index is 5.86. The van der Waals surface area contributed by atoms with Crippen LogP contribution in [0.25, 0.3) is 0 Å². The summed E-state index contributed by atoms with van der Waals surface area (Å²) in [6.07, 6.45) is 7.74. The number of rotatable bonds is 2. The molecule has 94 valence electrons. The van der Waals surface area contributed by atoms with Gasteiger partial charge in [-0.25, -0.2) is 9.97 Å². The molecule has 0 spiro atoms. The first-order valence-corrected chi connectivity index (χ1v) is 6.56. The molecule has 1 aliphatic heterocycles. The average Bonchev–Trinajstić information content (AvgIpc) is 2.94. The fourth-order valence-corrected chi connectivity index (χ4v) is 2.58. The molecule has 0 bridgehead atoms. The van der Waals surface area contributed by atoms with E-state index in [1.54, 1.807) is 6.20 Å². The molecule has 4 nitrogen and oxygen atoms in total. The maximum Gasteiger partial charge on any atom is 0.128 e. The average molecular weight is 263 g/mol. The summed E-state index contributed by atoms with van der Waals surface area (Å²) in [5, 5.41) is 0.679. The summed E-state index contributed by atoms with van der Waals surface area (Å²) in [7, 11) is 0. The Morgan fingerprint density at radius 3 is 3.00 bits per heavy atom. The van der Waals surface area contributed by atoms with Gasteiger partial charge in [-0.05, 0) is 25.0 Å². The molecule has 2 aromatic heterocycles. The lowest BCUT2D eigenvalue weighted by Crippen LogP contribution is -2.35. The molecular weight excluding hydrogens is 248 g/mol. The molecule has 1 aliphatic rings. The number of H-pyrrole nitrogens is 1. The normalized spacial score (nSPS) is 20.1. The van der Waals surface area contributed by atoms with Gasteiger partial charge >= 0.3 is 0 Å². The second-order valence-corrected chi connectivity index (χ2v) is 5.03. The number of nitrogens with one attached hydrogen (secondary N) is 1. The molecule has 3 heterocycles. The molecular formula is C13H15ClN4. The molecule has 1 atom stereocenters. The van der Waals surface area contributed by atoms with Crippen LogP contribution in [0.4, 0.5) is 5.82 Å². The first kappa shape index (κ1) is 11.5.